The highest BCUT2D eigenvalue weighted by Gasteiger charge is 2.31. The van der Waals surface area contributed by atoms with Crippen LogP contribution in [0.1, 0.15) is 11.7 Å². The predicted octanol–water partition coefficient (Wildman–Crippen LogP) is 1.31. The summed E-state index contributed by atoms with van der Waals surface area (Å²) >= 11 is 0. The average Bonchev–Trinajstić information content (AvgIpc) is 2.62. The van der Waals surface area contributed by atoms with E-state index in [2.05, 4.69) is 0 Å². The molecule has 1 atom stereocenters. The number of carbonyl (C=O) groups is 1. The maximum atomic E-state index is 12.7. The Bertz CT molecular complexity index is 379. The first-order chi connectivity index (χ1) is 7.70. The van der Waals surface area contributed by atoms with Gasteiger partial charge in [0.25, 0.3) is 0 Å². The first-order valence-electron chi connectivity index (χ1n) is 5.02. The van der Waals surface area contributed by atoms with Crippen molar-refractivity contribution in [3.63, 3.8) is 0 Å². The molecular weight excluding hydrogens is 213 g/mol. The van der Waals surface area contributed by atoms with E-state index < -0.39 is 6.09 Å². The molecule has 1 aromatic carbocycles. The molecule has 86 valence electrons. The molecule has 0 radical (unpaired) electrons. The van der Waals surface area contributed by atoms with Gasteiger partial charge in [0, 0.05) is 6.54 Å². The van der Waals surface area contributed by atoms with Gasteiger partial charge in [-0.25, -0.2) is 9.18 Å². The van der Waals surface area contributed by atoms with Gasteiger partial charge in [-0.05, 0) is 17.7 Å². The largest absolute Gasteiger partial charge is 0.439 e. The second-order valence-electron chi connectivity index (χ2n) is 3.59. The smallest absolute Gasteiger partial charge is 0.410 e. The van der Waals surface area contributed by atoms with E-state index in [1.807, 2.05) is 0 Å². The van der Waals surface area contributed by atoms with Crippen molar-refractivity contribution in [2.75, 3.05) is 19.7 Å². The molecule has 0 bridgehead atoms. The summed E-state index contributed by atoms with van der Waals surface area (Å²) in [6, 6.07) is 5.85. The van der Waals surface area contributed by atoms with Crippen molar-refractivity contribution >= 4 is 6.09 Å². The lowest BCUT2D eigenvalue weighted by molar-refractivity contribution is 0.130. The maximum absolute atomic E-state index is 12.7. The molecule has 4 nitrogen and oxygen atoms in total. The zero-order chi connectivity index (χ0) is 11.5. The summed E-state index contributed by atoms with van der Waals surface area (Å²) in [6.45, 7) is 0.562. The first kappa shape index (κ1) is 10.9. The van der Waals surface area contributed by atoms with E-state index in [0.29, 0.717) is 6.54 Å². The molecule has 0 aromatic heterocycles. The van der Waals surface area contributed by atoms with Crippen molar-refractivity contribution < 1.29 is 19.0 Å². The number of carbonyl (C=O) groups excluding carboxylic acids is 1. The van der Waals surface area contributed by atoms with E-state index in [0.717, 1.165) is 5.56 Å². The molecule has 5 heteroatoms. The van der Waals surface area contributed by atoms with Crippen LogP contribution >= 0.6 is 0 Å². The topological polar surface area (TPSA) is 49.8 Å². The Kier molecular flexibility index (Phi) is 3.05. The molecule has 1 saturated heterocycles. The quantitative estimate of drug-likeness (QED) is 0.843. The number of cyclic esters (lactones) is 1. The zero-order valence-corrected chi connectivity index (χ0v) is 8.60. The minimum atomic E-state index is -0.441. The van der Waals surface area contributed by atoms with Crippen LogP contribution < -0.4 is 0 Å². The summed E-state index contributed by atoms with van der Waals surface area (Å²) in [5.74, 6) is -0.319. The number of hydrogen-bond donors (Lipinski definition) is 1. The number of β-amino-alcohol motifs (C(OH)–C–C–N with tert-alkyl or cyclic N) is 1. The van der Waals surface area contributed by atoms with Crippen LogP contribution in [0.15, 0.2) is 24.3 Å². The standard InChI is InChI=1S/C11H12FNO3/c12-9-3-1-8(2-4-9)10-7-13(5-6-14)11(15)16-10/h1-4,10,14H,5-7H2. The van der Waals surface area contributed by atoms with E-state index in [9.17, 15) is 9.18 Å². The van der Waals surface area contributed by atoms with E-state index in [1.54, 1.807) is 12.1 Å². The zero-order valence-electron chi connectivity index (χ0n) is 8.60. The lowest BCUT2D eigenvalue weighted by Crippen LogP contribution is -2.27. The highest BCUT2D eigenvalue weighted by Crippen LogP contribution is 2.25. The van der Waals surface area contributed by atoms with Crippen molar-refractivity contribution in [1.82, 2.24) is 4.90 Å². The van der Waals surface area contributed by atoms with Crippen LogP contribution in [-0.2, 0) is 4.74 Å². The van der Waals surface area contributed by atoms with Crippen LogP contribution in [0.3, 0.4) is 0 Å². The number of benzene rings is 1. The van der Waals surface area contributed by atoms with Crippen LogP contribution in [0.2, 0.25) is 0 Å². The Morgan fingerprint density at radius 2 is 2.12 bits per heavy atom. The van der Waals surface area contributed by atoms with Crippen molar-refractivity contribution in [1.29, 1.82) is 0 Å². The van der Waals surface area contributed by atoms with Gasteiger partial charge < -0.3 is 14.7 Å². The van der Waals surface area contributed by atoms with Crippen molar-refractivity contribution in [3.05, 3.63) is 35.6 Å². The van der Waals surface area contributed by atoms with Gasteiger partial charge in [-0.3, -0.25) is 0 Å². The van der Waals surface area contributed by atoms with E-state index in [4.69, 9.17) is 9.84 Å². The summed E-state index contributed by atoms with van der Waals surface area (Å²) < 4.78 is 17.8. The molecule has 1 N–H and O–H groups in total. The fourth-order valence-corrected chi connectivity index (χ4v) is 1.66. The van der Waals surface area contributed by atoms with Gasteiger partial charge in [-0.2, -0.15) is 0 Å². The molecule has 0 aliphatic carbocycles. The van der Waals surface area contributed by atoms with Crippen LogP contribution in [-0.4, -0.2) is 35.8 Å². The van der Waals surface area contributed by atoms with Crippen LogP contribution in [0.25, 0.3) is 0 Å². The minimum absolute atomic E-state index is 0.0920. The molecule has 0 spiro atoms. The van der Waals surface area contributed by atoms with Gasteiger partial charge in [0.15, 0.2) is 0 Å². The first-order valence-corrected chi connectivity index (χ1v) is 5.02. The highest BCUT2D eigenvalue weighted by molar-refractivity contribution is 5.70. The molecule has 1 fully saturated rings. The molecule has 1 amide bonds. The summed E-state index contributed by atoms with van der Waals surface area (Å²) in [5, 5.41) is 8.74. The third-order valence-electron chi connectivity index (χ3n) is 2.50. The molecule has 1 aliphatic rings. The van der Waals surface area contributed by atoms with Crippen molar-refractivity contribution in [2.24, 2.45) is 0 Å². The molecule has 1 heterocycles. The van der Waals surface area contributed by atoms with Crippen LogP contribution in [0.5, 0.6) is 0 Å². The fourth-order valence-electron chi connectivity index (χ4n) is 1.66. The van der Waals surface area contributed by atoms with Gasteiger partial charge in [0.05, 0.1) is 13.2 Å². The maximum Gasteiger partial charge on any atom is 0.410 e. The number of rotatable bonds is 3. The second kappa shape index (κ2) is 4.49. The molecule has 1 aromatic rings. The second-order valence-corrected chi connectivity index (χ2v) is 3.59. The Balaban J connectivity index is 2.07. The Labute approximate surface area is 92.2 Å². The predicted molar refractivity (Wildman–Crippen MR) is 54.3 cm³/mol. The summed E-state index contributed by atoms with van der Waals surface area (Å²) in [4.78, 5) is 12.8. The summed E-state index contributed by atoms with van der Waals surface area (Å²) in [6.07, 6.45) is -0.817. The Hall–Kier alpha value is -1.62. The lowest BCUT2D eigenvalue weighted by atomic mass is 10.1. The molecule has 2 rings (SSSR count). The number of aliphatic hydroxyl groups is 1. The Morgan fingerprint density at radius 3 is 2.75 bits per heavy atom. The fraction of sp³-hybridized carbons (Fsp3) is 0.364. The van der Waals surface area contributed by atoms with Gasteiger partial charge in [0.2, 0.25) is 0 Å². The number of ether oxygens (including phenoxy) is 1. The molecule has 1 aliphatic heterocycles. The number of nitrogens with zero attached hydrogens (tertiary/aromatic N) is 1. The highest BCUT2D eigenvalue weighted by atomic mass is 19.1. The van der Waals surface area contributed by atoms with Crippen LogP contribution in [0.4, 0.5) is 9.18 Å². The number of hydrogen-bond acceptors (Lipinski definition) is 3. The van der Waals surface area contributed by atoms with Gasteiger partial charge in [-0.15, -0.1) is 0 Å². The lowest BCUT2D eigenvalue weighted by Gasteiger charge is -2.10. The Morgan fingerprint density at radius 1 is 1.44 bits per heavy atom. The van der Waals surface area contributed by atoms with Gasteiger partial charge >= 0.3 is 6.09 Å². The van der Waals surface area contributed by atoms with Crippen LogP contribution in [0, 0.1) is 5.82 Å². The molecule has 1 unspecified atom stereocenters. The third-order valence-corrected chi connectivity index (χ3v) is 2.50. The molecular formula is C11H12FNO3. The molecule has 16 heavy (non-hydrogen) atoms. The minimum Gasteiger partial charge on any atom is -0.439 e. The number of halogens is 1. The summed E-state index contributed by atoms with van der Waals surface area (Å²) in [7, 11) is 0. The molecule has 0 saturated carbocycles. The van der Waals surface area contributed by atoms with E-state index in [1.165, 1.54) is 17.0 Å². The normalized spacial score (nSPS) is 20.0. The van der Waals surface area contributed by atoms with Crippen molar-refractivity contribution in [3.8, 4) is 0 Å². The average molecular weight is 225 g/mol. The summed E-state index contributed by atoms with van der Waals surface area (Å²) in [5.41, 5.74) is 0.759. The van der Waals surface area contributed by atoms with Crippen molar-refractivity contribution in [2.45, 2.75) is 6.10 Å². The van der Waals surface area contributed by atoms with E-state index in [-0.39, 0.29) is 25.1 Å². The third kappa shape index (κ3) is 2.14. The SMILES string of the molecule is O=C1OC(c2ccc(F)cc2)CN1CCO. The van der Waals surface area contributed by atoms with Gasteiger partial charge in [-0.1, -0.05) is 12.1 Å². The van der Waals surface area contributed by atoms with Gasteiger partial charge in [0.1, 0.15) is 11.9 Å². The monoisotopic (exact) mass is 225 g/mol. The number of aliphatic hydroxyl groups excluding tert-OH is 1. The van der Waals surface area contributed by atoms with E-state index >= 15 is 0 Å². The number of amides is 1.